The molecule has 190 valence electrons. The second kappa shape index (κ2) is 9.31. The predicted octanol–water partition coefficient (Wildman–Crippen LogP) is 4.65. The zero-order chi connectivity index (χ0) is 24.7. The molecule has 2 aromatic rings. The van der Waals surface area contributed by atoms with Crippen LogP contribution >= 0.6 is 0 Å². The van der Waals surface area contributed by atoms with E-state index in [1.165, 1.54) is 4.57 Å². The number of hydrogen-bond donors (Lipinski definition) is 0. The summed E-state index contributed by atoms with van der Waals surface area (Å²) >= 11 is 0. The lowest BCUT2D eigenvalue weighted by atomic mass is 9.79. The van der Waals surface area contributed by atoms with E-state index in [0.29, 0.717) is 18.9 Å². The van der Waals surface area contributed by atoms with Crippen LogP contribution in [-0.4, -0.2) is 54.7 Å². The molecule has 1 aliphatic heterocycles. The summed E-state index contributed by atoms with van der Waals surface area (Å²) < 4.78 is 75.3. The first-order valence-electron chi connectivity index (χ1n) is 11.8. The highest BCUT2D eigenvalue weighted by molar-refractivity contribution is 7.92. The summed E-state index contributed by atoms with van der Waals surface area (Å²) in [4.78, 5) is 14.1. The number of benzene rings is 1. The normalized spacial score (nSPS) is 25.7. The third-order valence-corrected chi connectivity index (χ3v) is 8.84. The van der Waals surface area contributed by atoms with Gasteiger partial charge in [-0.1, -0.05) is 6.92 Å². The largest absolute Gasteiger partial charge is 0.501 e. The van der Waals surface area contributed by atoms with Crippen LogP contribution in [0.3, 0.4) is 0 Å². The topological polar surface area (TPSA) is 81.8 Å². The molecule has 0 amide bonds. The van der Waals surface area contributed by atoms with Crippen molar-refractivity contribution in [2.24, 2.45) is 0 Å². The number of sulfone groups is 1. The Balaban J connectivity index is 1.50. The molecule has 0 N–H and O–H groups in total. The Morgan fingerprint density at radius 2 is 1.79 bits per heavy atom. The van der Waals surface area contributed by atoms with Gasteiger partial charge >= 0.3 is 11.3 Å². The maximum absolute atomic E-state index is 13.0. The van der Waals surface area contributed by atoms with Crippen molar-refractivity contribution in [3.05, 3.63) is 28.7 Å². The first-order valence-corrected chi connectivity index (χ1v) is 13.3. The van der Waals surface area contributed by atoms with Crippen LogP contribution in [0.2, 0.25) is 0 Å². The van der Waals surface area contributed by atoms with E-state index in [1.54, 1.807) is 0 Å². The molecule has 0 unspecified atom stereocenters. The van der Waals surface area contributed by atoms with E-state index in [1.807, 2.05) is 0 Å². The van der Waals surface area contributed by atoms with Crippen molar-refractivity contribution in [3.8, 4) is 0 Å². The van der Waals surface area contributed by atoms with Gasteiger partial charge in [-0.25, -0.2) is 13.2 Å². The number of piperidine rings is 1. The quantitative estimate of drug-likeness (QED) is 0.570. The fraction of sp³-hybridized carbons (Fsp3) is 0.696. The summed E-state index contributed by atoms with van der Waals surface area (Å²) in [5.41, 5.74) is -5.22. The molecular formula is C23H31F3N2O5S. The minimum atomic E-state index is -5.52. The number of oxazole rings is 1. The van der Waals surface area contributed by atoms with Gasteiger partial charge in [-0.05, 0) is 70.1 Å². The lowest BCUT2D eigenvalue weighted by Gasteiger charge is -2.48. The van der Waals surface area contributed by atoms with Crippen LogP contribution < -0.4 is 5.76 Å². The van der Waals surface area contributed by atoms with Gasteiger partial charge in [-0.2, -0.15) is 13.2 Å². The molecular weight excluding hydrogens is 473 g/mol. The summed E-state index contributed by atoms with van der Waals surface area (Å²) in [7, 11) is -5.52. The number of alkyl halides is 3. The van der Waals surface area contributed by atoms with E-state index in [4.69, 9.17) is 9.15 Å². The van der Waals surface area contributed by atoms with E-state index in [0.717, 1.165) is 70.0 Å². The van der Waals surface area contributed by atoms with Crippen molar-refractivity contribution >= 4 is 20.9 Å². The van der Waals surface area contributed by atoms with Crippen LogP contribution in [-0.2, 0) is 14.6 Å². The Bertz CT molecular complexity index is 1170. The van der Waals surface area contributed by atoms with E-state index >= 15 is 0 Å². The highest BCUT2D eigenvalue weighted by Gasteiger charge is 2.47. The molecule has 7 nitrogen and oxygen atoms in total. The molecule has 1 aliphatic carbocycles. The minimum absolute atomic E-state index is 0.0500. The third-order valence-electron chi connectivity index (χ3n) is 7.36. The second-order valence-corrected chi connectivity index (χ2v) is 11.5. The number of rotatable bonds is 6. The standard InChI is InChI=1S/C23H31F3N2O5S/c1-3-14-32-17-6-10-22(2,11-7-17)27-12-8-16(9-13-27)28-19-15-18(34(30,31)23(24,25)26)4-5-20(19)33-21(28)29/h4-5,15-17H,3,6-14H2,1-2H3. The number of aromatic nitrogens is 1. The van der Waals surface area contributed by atoms with Crippen LogP contribution in [0.1, 0.15) is 64.8 Å². The van der Waals surface area contributed by atoms with Gasteiger partial charge < -0.3 is 9.15 Å². The average Bonchev–Trinajstić information content (AvgIpc) is 3.13. The fourth-order valence-electron chi connectivity index (χ4n) is 5.30. The Morgan fingerprint density at radius 3 is 2.38 bits per heavy atom. The monoisotopic (exact) mass is 504 g/mol. The van der Waals surface area contributed by atoms with Crippen LogP contribution in [0.15, 0.2) is 32.3 Å². The van der Waals surface area contributed by atoms with Gasteiger partial charge in [0.1, 0.15) is 0 Å². The maximum Gasteiger partial charge on any atom is 0.501 e. The summed E-state index contributed by atoms with van der Waals surface area (Å²) in [6.45, 7) is 6.62. The van der Waals surface area contributed by atoms with Crippen LogP contribution in [0, 0.1) is 0 Å². The molecule has 1 aromatic carbocycles. The van der Waals surface area contributed by atoms with Crippen molar-refractivity contribution in [1.29, 1.82) is 0 Å². The molecule has 0 bridgehead atoms. The van der Waals surface area contributed by atoms with Crippen molar-refractivity contribution in [3.63, 3.8) is 0 Å². The molecule has 1 saturated heterocycles. The predicted molar refractivity (Wildman–Crippen MR) is 120 cm³/mol. The van der Waals surface area contributed by atoms with Crippen LogP contribution in [0.5, 0.6) is 0 Å². The Morgan fingerprint density at radius 1 is 1.15 bits per heavy atom. The van der Waals surface area contributed by atoms with Crippen LogP contribution in [0.25, 0.3) is 11.1 Å². The van der Waals surface area contributed by atoms with E-state index in [2.05, 4.69) is 18.7 Å². The average molecular weight is 505 g/mol. The van der Waals surface area contributed by atoms with Gasteiger partial charge in [0.15, 0.2) is 5.58 Å². The van der Waals surface area contributed by atoms with Crippen molar-refractivity contribution in [1.82, 2.24) is 9.47 Å². The molecule has 0 radical (unpaired) electrons. The number of hydrogen-bond acceptors (Lipinski definition) is 6. The van der Waals surface area contributed by atoms with Gasteiger partial charge in [-0.3, -0.25) is 9.47 Å². The summed E-state index contributed by atoms with van der Waals surface area (Å²) in [5, 5.41) is 0. The minimum Gasteiger partial charge on any atom is -0.408 e. The lowest BCUT2D eigenvalue weighted by molar-refractivity contribution is -0.0435. The smallest absolute Gasteiger partial charge is 0.408 e. The maximum atomic E-state index is 13.0. The van der Waals surface area contributed by atoms with E-state index in [-0.39, 0.29) is 22.7 Å². The number of fused-ring (bicyclic) bond motifs is 1. The Hall–Kier alpha value is -1.85. The number of likely N-dealkylation sites (tertiary alicyclic amines) is 1. The van der Waals surface area contributed by atoms with E-state index < -0.39 is 26.0 Å². The van der Waals surface area contributed by atoms with Gasteiger partial charge in [0, 0.05) is 31.3 Å². The SMILES string of the molecule is CCCOC1CCC(C)(N2CCC(n3c(=O)oc4ccc(S(=O)(=O)C(F)(F)F)cc43)CC2)CC1. The molecule has 0 atom stereocenters. The van der Waals surface area contributed by atoms with Gasteiger partial charge in [-0.15, -0.1) is 0 Å². The van der Waals surface area contributed by atoms with E-state index in [9.17, 15) is 26.4 Å². The second-order valence-electron chi connectivity index (χ2n) is 9.60. The first kappa shape index (κ1) is 25.2. The summed E-state index contributed by atoms with van der Waals surface area (Å²) in [6, 6.07) is 2.55. The molecule has 11 heteroatoms. The molecule has 0 spiro atoms. The number of halogens is 3. The summed E-state index contributed by atoms with van der Waals surface area (Å²) in [6.07, 6.45) is 6.64. The zero-order valence-electron chi connectivity index (χ0n) is 19.4. The molecule has 1 aromatic heterocycles. The fourth-order valence-corrected chi connectivity index (χ4v) is 6.09. The molecule has 1 saturated carbocycles. The third kappa shape index (κ3) is 4.66. The molecule has 4 rings (SSSR count). The zero-order valence-corrected chi connectivity index (χ0v) is 20.3. The lowest BCUT2D eigenvalue weighted by Crippen LogP contribution is -2.53. The van der Waals surface area contributed by atoms with Crippen molar-refractivity contribution in [2.45, 2.75) is 86.9 Å². The van der Waals surface area contributed by atoms with Crippen molar-refractivity contribution in [2.75, 3.05) is 19.7 Å². The van der Waals surface area contributed by atoms with Gasteiger partial charge in [0.2, 0.25) is 0 Å². The highest BCUT2D eigenvalue weighted by atomic mass is 32.2. The van der Waals surface area contributed by atoms with Gasteiger partial charge in [0.05, 0.1) is 16.5 Å². The van der Waals surface area contributed by atoms with Gasteiger partial charge in [0.25, 0.3) is 9.84 Å². The van der Waals surface area contributed by atoms with Crippen LogP contribution in [0.4, 0.5) is 13.2 Å². The molecule has 34 heavy (non-hydrogen) atoms. The number of nitrogens with zero attached hydrogens (tertiary/aromatic N) is 2. The Labute approximate surface area is 196 Å². The molecule has 2 aliphatic rings. The first-order chi connectivity index (χ1) is 16.0. The Kier molecular flexibility index (Phi) is 6.91. The molecule has 2 heterocycles. The summed E-state index contributed by atoms with van der Waals surface area (Å²) in [5.74, 6) is -0.685. The van der Waals surface area contributed by atoms with Crippen molar-refractivity contribution < 1.29 is 30.7 Å². The molecule has 2 fully saturated rings. The highest BCUT2D eigenvalue weighted by Crippen LogP contribution is 2.38. The number of ether oxygens (including phenoxy) is 1.